The van der Waals surface area contributed by atoms with Crippen LogP contribution in [0.1, 0.15) is 15.4 Å². The second kappa shape index (κ2) is 4.01. The molecule has 0 unspecified atom stereocenters. The summed E-state index contributed by atoms with van der Waals surface area (Å²) in [6.07, 6.45) is 5.28. The van der Waals surface area contributed by atoms with Crippen LogP contribution in [-0.2, 0) is 0 Å². The van der Waals surface area contributed by atoms with Crippen molar-refractivity contribution < 1.29 is 4.79 Å². The summed E-state index contributed by atoms with van der Waals surface area (Å²) in [6.45, 7) is 2.02. The van der Waals surface area contributed by atoms with E-state index in [2.05, 4.69) is 9.97 Å². The van der Waals surface area contributed by atoms with Gasteiger partial charge in [-0.15, -0.1) is 11.3 Å². The number of aromatic nitrogens is 4. The van der Waals surface area contributed by atoms with Crippen LogP contribution >= 0.6 is 11.3 Å². The van der Waals surface area contributed by atoms with E-state index in [9.17, 15) is 4.79 Å². The van der Waals surface area contributed by atoms with E-state index in [1.54, 1.807) is 23.9 Å². The summed E-state index contributed by atoms with van der Waals surface area (Å²) in [7, 11) is 0. The van der Waals surface area contributed by atoms with Crippen LogP contribution in [0.3, 0.4) is 0 Å². The highest BCUT2D eigenvalue weighted by Gasteiger charge is 2.16. The van der Waals surface area contributed by atoms with E-state index in [0.717, 1.165) is 16.0 Å². The highest BCUT2D eigenvalue weighted by Crippen LogP contribution is 2.18. The molecule has 0 fully saturated rings. The minimum absolute atomic E-state index is 0.160. The number of fused-ring (bicyclic) bond motifs is 2. The molecule has 6 heteroatoms. The van der Waals surface area contributed by atoms with Gasteiger partial charge in [-0.3, -0.25) is 13.8 Å². The van der Waals surface area contributed by atoms with E-state index in [4.69, 9.17) is 0 Å². The number of benzene rings is 1. The highest BCUT2D eigenvalue weighted by atomic mass is 32.1. The van der Waals surface area contributed by atoms with Crippen LogP contribution in [0, 0.1) is 6.92 Å². The van der Waals surface area contributed by atoms with Gasteiger partial charge >= 0.3 is 0 Å². The van der Waals surface area contributed by atoms with E-state index in [1.165, 1.54) is 9.44 Å². The van der Waals surface area contributed by atoms with Gasteiger partial charge in [-0.05, 0) is 19.1 Å². The quantitative estimate of drug-likeness (QED) is 0.539. The van der Waals surface area contributed by atoms with E-state index in [0.29, 0.717) is 5.69 Å². The standard InChI is InChI=1S/C14H10N4OS/c1-9-6-17-7-11(16-14(17)20-9)13(19)18-8-15-10-4-2-3-5-12(10)18/h2-8H,1H3. The summed E-state index contributed by atoms with van der Waals surface area (Å²) in [5, 5.41) is 0. The Morgan fingerprint density at radius 3 is 2.95 bits per heavy atom. The van der Waals surface area contributed by atoms with Crippen LogP contribution < -0.4 is 0 Å². The van der Waals surface area contributed by atoms with Crippen molar-refractivity contribution in [3.05, 3.63) is 53.6 Å². The topological polar surface area (TPSA) is 52.2 Å². The smallest absolute Gasteiger partial charge is 0.283 e. The minimum Gasteiger partial charge on any atom is -0.297 e. The van der Waals surface area contributed by atoms with Crippen molar-refractivity contribution in [3.63, 3.8) is 0 Å². The zero-order valence-electron chi connectivity index (χ0n) is 10.6. The number of hydrogen-bond acceptors (Lipinski definition) is 4. The molecule has 4 aromatic rings. The van der Waals surface area contributed by atoms with Gasteiger partial charge in [0.05, 0.1) is 11.0 Å². The summed E-state index contributed by atoms with van der Waals surface area (Å²) < 4.78 is 3.42. The zero-order valence-corrected chi connectivity index (χ0v) is 11.5. The maximum absolute atomic E-state index is 12.5. The van der Waals surface area contributed by atoms with Gasteiger partial charge in [-0.25, -0.2) is 9.97 Å². The van der Waals surface area contributed by atoms with Crippen LogP contribution in [0.5, 0.6) is 0 Å². The third kappa shape index (κ3) is 1.58. The van der Waals surface area contributed by atoms with Crippen molar-refractivity contribution >= 4 is 33.2 Å². The molecule has 4 rings (SSSR count). The second-order valence-corrected chi connectivity index (χ2v) is 5.78. The van der Waals surface area contributed by atoms with Gasteiger partial charge in [0.1, 0.15) is 12.0 Å². The van der Waals surface area contributed by atoms with Gasteiger partial charge in [-0.1, -0.05) is 12.1 Å². The third-order valence-corrected chi connectivity index (χ3v) is 4.08. The number of para-hydroxylation sites is 2. The number of rotatable bonds is 1. The Morgan fingerprint density at radius 1 is 1.25 bits per heavy atom. The Morgan fingerprint density at radius 2 is 2.10 bits per heavy atom. The van der Waals surface area contributed by atoms with Crippen LogP contribution in [-0.4, -0.2) is 24.8 Å². The third-order valence-electron chi connectivity index (χ3n) is 3.16. The number of aryl methyl sites for hydroxylation is 1. The number of thiazole rings is 1. The fourth-order valence-corrected chi connectivity index (χ4v) is 3.07. The SMILES string of the molecule is Cc1cn2cc(C(=O)n3cnc4ccccc43)nc2s1. The summed E-state index contributed by atoms with van der Waals surface area (Å²) in [6, 6.07) is 7.56. The monoisotopic (exact) mass is 282 g/mol. The first-order valence-electron chi connectivity index (χ1n) is 6.14. The zero-order chi connectivity index (χ0) is 13.7. The summed E-state index contributed by atoms with van der Waals surface area (Å²) in [5.74, 6) is -0.160. The van der Waals surface area contributed by atoms with Crippen LogP contribution in [0.25, 0.3) is 16.0 Å². The molecule has 0 aliphatic rings. The first-order valence-corrected chi connectivity index (χ1v) is 6.96. The summed E-state index contributed by atoms with van der Waals surface area (Å²) in [5.41, 5.74) is 2.03. The van der Waals surface area contributed by atoms with Crippen molar-refractivity contribution in [1.82, 2.24) is 18.9 Å². The number of hydrogen-bond donors (Lipinski definition) is 0. The Labute approximate surface area is 118 Å². The highest BCUT2D eigenvalue weighted by molar-refractivity contribution is 7.17. The molecule has 0 amide bonds. The van der Waals surface area contributed by atoms with Gasteiger partial charge in [0.2, 0.25) is 0 Å². The molecule has 0 radical (unpaired) electrons. The lowest BCUT2D eigenvalue weighted by Crippen LogP contribution is -2.11. The lowest BCUT2D eigenvalue weighted by atomic mass is 10.3. The second-order valence-electron chi connectivity index (χ2n) is 4.57. The molecule has 0 N–H and O–H groups in total. The Balaban J connectivity index is 1.84. The first kappa shape index (κ1) is 11.4. The first-order chi connectivity index (χ1) is 9.72. The van der Waals surface area contributed by atoms with Gasteiger partial charge in [-0.2, -0.15) is 0 Å². The molecule has 1 aromatic carbocycles. The fourth-order valence-electron chi connectivity index (χ4n) is 2.26. The molecule has 0 aliphatic carbocycles. The summed E-state index contributed by atoms with van der Waals surface area (Å²) in [4.78, 5) is 23.1. The van der Waals surface area contributed by atoms with Gasteiger partial charge in [0.15, 0.2) is 4.96 Å². The molecule has 20 heavy (non-hydrogen) atoms. The number of carbonyl (C=O) groups excluding carboxylic acids is 1. The van der Waals surface area contributed by atoms with Crippen molar-refractivity contribution in [1.29, 1.82) is 0 Å². The van der Waals surface area contributed by atoms with E-state index < -0.39 is 0 Å². The molecule has 0 saturated heterocycles. The molecule has 0 saturated carbocycles. The molecule has 3 heterocycles. The van der Waals surface area contributed by atoms with Crippen molar-refractivity contribution in [2.24, 2.45) is 0 Å². The molecule has 0 atom stereocenters. The molecule has 3 aromatic heterocycles. The van der Waals surface area contributed by atoms with Crippen LogP contribution in [0.2, 0.25) is 0 Å². The fraction of sp³-hybridized carbons (Fsp3) is 0.0714. The van der Waals surface area contributed by atoms with Crippen molar-refractivity contribution in [2.75, 3.05) is 0 Å². The molecular weight excluding hydrogens is 272 g/mol. The van der Waals surface area contributed by atoms with Crippen LogP contribution in [0.15, 0.2) is 43.0 Å². The Bertz CT molecular complexity index is 915. The Kier molecular flexibility index (Phi) is 2.28. The number of imidazole rings is 2. The maximum atomic E-state index is 12.5. The normalized spacial score (nSPS) is 11.4. The van der Waals surface area contributed by atoms with Gasteiger partial charge in [0.25, 0.3) is 5.91 Å². The van der Waals surface area contributed by atoms with Gasteiger partial charge in [0, 0.05) is 17.3 Å². The molecular formula is C14H10N4OS. The number of carbonyl (C=O) groups is 1. The predicted molar refractivity (Wildman–Crippen MR) is 77.3 cm³/mol. The van der Waals surface area contributed by atoms with E-state index >= 15 is 0 Å². The van der Waals surface area contributed by atoms with E-state index in [-0.39, 0.29) is 5.91 Å². The molecule has 0 spiro atoms. The molecule has 98 valence electrons. The summed E-state index contributed by atoms with van der Waals surface area (Å²) >= 11 is 1.57. The lowest BCUT2D eigenvalue weighted by Gasteiger charge is -1.99. The van der Waals surface area contributed by atoms with Crippen molar-refractivity contribution in [3.8, 4) is 0 Å². The largest absolute Gasteiger partial charge is 0.297 e. The average Bonchev–Trinajstić information content (AvgIpc) is 3.09. The Hall–Kier alpha value is -2.47. The van der Waals surface area contributed by atoms with Gasteiger partial charge < -0.3 is 0 Å². The average molecular weight is 282 g/mol. The lowest BCUT2D eigenvalue weighted by molar-refractivity contribution is 0.0960. The molecule has 5 nitrogen and oxygen atoms in total. The number of nitrogens with zero attached hydrogens (tertiary/aromatic N) is 4. The molecule has 0 aliphatic heterocycles. The van der Waals surface area contributed by atoms with E-state index in [1.807, 2.05) is 41.8 Å². The predicted octanol–water partition coefficient (Wildman–Crippen LogP) is 2.74. The van der Waals surface area contributed by atoms with Crippen molar-refractivity contribution in [2.45, 2.75) is 6.92 Å². The molecule has 0 bridgehead atoms. The van der Waals surface area contributed by atoms with Crippen LogP contribution in [0.4, 0.5) is 0 Å². The maximum Gasteiger partial charge on any atom is 0.283 e. The minimum atomic E-state index is -0.160.